The van der Waals surface area contributed by atoms with Gasteiger partial charge in [0, 0.05) is 35.2 Å². The number of benzene rings is 2. The standard InChI is InChI=1S/C23H19N3O2/c1-15-6-4-7-16(24-15)14-21(27)25-12-13-26-19-10-3-2-8-17(19)23(28)18-9-5-11-20(25)22(18)26/h2-11H,12-14H2,1H3. The van der Waals surface area contributed by atoms with Gasteiger partial charge >= 0.3 is 0 Å². The largest absolute Gasteiger partial charge is 0.337 e. The molecule has 0 radical (unpaired) electrons. The number of rotatable bonds is 2. The summed E-state index contributed by atoms with van der Waals surface area (Å²) < 4.78 is 2.16. The highest BCUT2D eigenvalue weighted by atomic mass is 16.2. The third kappa shape index (κ3) is 2.51. The molecule has 5 heteroatoms. The van der Waals surface area contributed by atoms with Gasteiger partial charge in [-0.05, 0) is 43.3 Å². The van der Waals surface area contributed by atoms with E-state index in [4.69, 9.17) is 0 Å². The number of anilines is 1. The fourth-order valence-corrected chi connectivity index (χ4v) is 4.14. The monoisotopic (exact) mass is 369 g/mol. The van der Waals surface area contributed by atoms with Crippen LogP contribution in [0.4, 0.5) is 5.69 Å². The second-order valence-electron chi connectivity index (χ2n) is 7.16. The van der Waals surface area contributed by atoms with E-state index in [-0.39, 0.29) is 17.8 Å². The maximum atomic E-state index is 13.1. The summed E-state index contributed by atoms with van der Waals surface area (Å²) >= 11 is 0. The lowest BCUT2D eigenvalue weighted by Gasteiger charge is -2.31. The number of amides is 1. The van der Waals surface area contributed by atoms with E-state index in [1.165, 1.54) is 0 Å². The Morgan fingerprint density at radius 3 is 2.61 bits per heavy atom. The first-order chi connectivity index (χ1) is 13.6. The molecule has 5 nitrogen and oxygen atoms in total. The van der Waals surface area contributed by atoms with Crippen LogP contribution in [-0.2, 0) is 17.8 Å². The van der Waals surface area contributed by atoms with Gasteiger partial charge in [0.2, 0.25) is 5.91 Å². The van der Waals surface area contributed by atoms with Crippen molar-refractivity contribution in [3.63, 3.8) is 0 Å². The number of carbonyl (C=O) groups excluding carboxylic acids is 1. The minimum atomic E-state index is -0.00235. The van der Waals surface area contributed by atoms with Crippen molar-refractivity contribution in [2.24, 2.45) is 0 Å². The Bertz CT molecular complexity index is 1310. The van der Waals surface area contributed by atoms with E-state index in [9.17, 15) is 9.59 Å². The number of hydrogen-bond donors (Lipinski definition) is 0. The fourth-order valence-electron chi connectivity index (χ4n) is 4.14. The van der Waals surface area contributed by atoms with E-state index < -0.39 is 0 Å². The highest BCUT2D eigenvalue weighted by Crippen LogP contribution is 2.32. The lowest BCUT2D eigenvalue weighted by atomic mass is 10.1. The van der Waals surface area contributed by atoms with Crippen LogP contribution in [0.15, 0.2) is 65.5 Å². The Labute approximate surface area is 161 Å². The number of aromatic nitrogens is 2. The van der Waals surface area contributed by atoms with Gasteiger partial charge in [-0.25, -0.2) is 0 Å². The van der Waals surface area contributed by atoms with Gasteiger partial charge < -0.3 is 9.47 Å². The fraction of sp³-hybridized carbons (Fsp3) is 0.174. The van der Waals surface area contributed by atoms with Crippen LogP contribution < -0.4 is 10.3 Å². The van der Waals surface area contributed by atoms with Gasteiger partial charge in [0.05, 0.1) is 23.1 Å². The van der Waals surface area contributed by atoms with Crippen molar-refractivity contribution in [1.82, 2.24) is 9.55 Å². The molecule has 0 spiro atoms. The summed E-state index contributed by atoms with van der Waals surface area (Å²) in [6.07, 6.45) is 0.246. The molecule has 3 heterocycles. The topological polar surface area (TPSA) is 55.2 Å². The summed E-state index contributed by atoms with van der Waals surface area (Å²) in [5.74, 6) is -0.00235. The molecule has 1 aliphatic rings. The summed E-state index contributed by atoms with van der Waals surface area (Å²) in [6.45, 7) is 3.15. The summed E-state index contributed by atoms with van der Waals surface area (Å²) in [5, 5.41) is 1.37. The Hall–Kier alpha value is -3.47. The molecule has 28 heavy (non-hydrogen) atoms. The molecule has 0 saturated heterocycles. The predicted molar refractivity (Wildman–Crippen MR) is 111 cm³/mol. The molecule has 1 aliphatic heterocycles. The van der Waals surface area contributed by atoms with E-state index >= 15 is 0 Å². The first-order valence-corrected chi connectivity index (χ1v) is 9.40. The smallest absolute Gasteiger partial charge is 0.233 e. The average molecular weight is 369 g/mol. The lowest BCUT2D eigenvalue weighted by Crippen LogP contribution is -2.39. The first-order valence-electron chi connectivity index (χ1n) is 9.40. The zero-order valence-electron chi connectivity index (χ0n) is 15.6. The molecule has 0 atom stereocenters. The molecule has 0 N–H and O–H groups in total. The SMILES string of the molecule is Cc1cccc(CC(=O)N2CCn3c4ccccc4c(=O)c4cccc2c43)n1. The Morgan fingerprint density at radius 1 is 0.964 bits per heavy atom. The first kappa shape index (κ1) is 16.7. The van der Waals surface area contributed by atoms with Crippen LogP contribution in [0, 0.1) is 6.92 Å². The number of nitrogens with zero attached hydrogens (tertiary/aromatic N) is 3. The van der Waals surface area contributed by atoms with Gasteiger partial charge in [0.1, 0.15) is 0 Å². The molecule has 0 unspecified atom stereocenters. The normalized spacial score (nSPS) is 13.2. The van der Waals surface area contributed by atoms with Crippen molar-refractivity contribution < 1.29 is 4.79 Å². The molecule has 2 aromatic heterocycles. The van der Waals surface area contributed by atoms with Gasteiger partial charge in [-0.3, -0.25) is 14.6 Å². The Balaban J connectivity index is 1.66. The summed E-state index contributed by atoms with van der Waals surface area (Å²) in [5.41, 5.74) is 4.22. The lowest BCUT2D eigenvalue weighted by molar-refractivity contribution is -0.118. The highest BCUT2D eigenvalue weighted by Gasteiger charge is 2.26. The summed E-state index contributed by atoms with van der Waals surface area (Å²) in [4.78, 5) is 32.3. The molecular weight excluding hydrogens is 350 g/mol. The molecule has 0 fully saturated rings. The molecule has 0 aliphatic carbocycles. The maximum absolute atomic E-state index is 13.1. The van der Waals surface area contributed by atoms with Gasteiger partial charge in [-0.15, -0.1) is 0 Å². The number of carbonyl (C=O) groups is 1. The second kappa shape index (κ2) is 6.30. The Morgan fingerprint density at radius 2 is 1.75 bits per heavy atom. The van der Waals surface area contributed by atoms with Gasteiger partial charge in [-0.1, -0.05) is 24.3 Å². The average Bonchev–Trinajstić information content (AvgIpc) is 2.71. The quantitative estimate of drug-likeness (QED) is 0.509. The zero-order valence-corrected chi connectivity index (χ0v) is 15.6. The minimum absolute atomic E-state index is 0.00235. The van der Waals surface area contributed by atoms with E-state index in [0.717, 1.165) is 33.5 Å². The van der Waals surface area contributed by atoms with Crippen LogP contribution in [0.3, 0.4) is 0 Å². The molecule has 2 aromatic carbocycles. The number of hydrogen-bond acceptors (Lipinski definition) is 3. The Kier molecular flexibility index (Phi) is 3.76. The molecule has 5 rings (SSSR count). The van der Waals surface area contributed by atoms with E-state index in [1.807, 2.05) is 67.6 Å². The van der Waals surface area contributed by atoms with Crippen LogP contribution in [0.2, 0.25) is 0 Å². The van der Waals surface area contributed by atoms with Crippen molar-refractivity contribution >= 4 is 33.4 Å². The van der Waals surface area contributed by atoms with Crippen LogP contribution in [-0.4, -0.2) is 22.0 Å². The van der Waals surface area contributed by atoms with Crippen molar-refractivity contribution in [2.45, 2.75) is 19.9 Å². The molecule has 0 bridgehead atoms. The van der Waals surface area contributed by atoms with Crippen LogP contribution in [0.5, 0.6) is 0 Å². The minimum Gasteiger partial charge on any atom is -0.337 e. The number of pyridine rings is 2. The summed E-state index contributed by atoms with van der Waals surface area (Å²) in [6, 6.07) is 19.0. The van der Waals surface area contributed by atoms with Crippen molar-refractivity contribution in [3.05, 3.63) is 82.3 Å². The molecular formula is C23H19N3O2. The number of fused-ring (bicyclic) bond motifs is 2. The number of aryl methyl sites for hydroxylation is 1. The van der Waals surface area contributed by atoms with Crippen molar-refractivity contribution in [3.8, 4) is 0 Å². The van der Waals surface area contributed by atoms with Crippen LogP contribution in [0.1, 0.15) is 11.4 Å². The van der Waals surface area contributed by atoms with Gasteiger partial charge in [-0.2, -0.15) is 0 Å². The predicted octanol–water partition coefficient (Wildman–Crippen LogP) is 3.45. The van der Waals surface area contributed by atoms with E-state index in [1.54, 1.807) is 4.90 Å². The second-order valence-corrected chi connectivity index (χ2v) is 7.16. The van der Waals surface area contributed by atoms with Crippen molar-refractivity contribution in [2.75, 3.05) is 11.4 Å². The molecule has 4 aromatic rings. The van der Waals surface area contributed by atoms with Crippen molar-refractivity contribution in [1.29, 1.82) is 0 Å². The number of para-hydroxylation sites is 2. The zero-order chi connectivity index (χ0) is 19.3. The van der Waals surface area contributed by atoms with E-state index in [0.29, 0.717) is 18.5 Å². The third-order valence-corrected chi connectivity index (χ3v) is 5.39. The highest BCUT2D eigenvalue weighted by molar-refractivity contribution is 6.06. The van der Waals surface area contributed by atoms with Gasteiger partial charge in [0.15, 0.2) is 5.43 Å². The molecule has 0 saturated carbocycles. The molecule has 1 amide bonds. The third-order valence-electron chi connectivity index (χ3n) is 5.39. The van der Waals surface area contributed by atoms with Gasteiger partial charge in [0.25, 0.3) is 0 Å². The molecule has 138 valence electrons. The van der Waals surface area contributed by atoms with Crippen LogP contribution >= 0.6 is 0 Å². The maximum Gasteiger partial charge on any atom is 0.233 e. The summed E-state index contributed by atoms with van der Waals surface area (Å²) in [7, 11) is 0. The van der Waals surface area contributed by atoms with E-state index in [2.05, 4.69) is 9.55 Å². The van der Waals surface area contributed by atoms with Crippen LogP contribution in [0.25, 0.3) is 21.8 Å².